The third-order valence-corrected chi connectivity index (χ3v) is 5.39. The first-order valence-corrected chi connectivity index (χ1v) is 8.61. The summed E-state index contributed by atoms with van der Waals surface area (Å²) in [5.74, 6) is 1.08. The molecule has 1 fully saturated rings. The maximum atomic E-state index is 11.1. The third kappa shape index (κ3) is 3.55. The molecule has 1 aliphatic heterocycles. The average Bonchev–Trinajstić information content (AvgIpc) is 2.57. The second-order valence-electron chi connectivity index (χ2n) is 6.04. The summed E-state index contributed by atoms with van der Waals surface area (Å²) in [5, 5.41) is 0. The second-order valence-corrected chi connectivity index (χ2v) is 6.89. The maximum absolute atomic E-state index is 11.1. The van der Waals surface area contributed by atoms with Gasteiger partial charge >= 0.3 is 0 Å². The van der Waals surface area contributed by atoms with Crippen LogP contribution in [-0.4, -0.2) is 24.0 Å². The number of hydrogen-bond donors (Lipinski definition) is 1. The van der Waals surface area contributed by atoms with Gasteiger partial charge in [0, 0.05) is 23.8 Å². The molecule has 0 spiro atoms. The number of carbonyl (C=O) groups is 1. The van der Waals surface area contributed by atoms with E-state index >= 15 is 0 Å². The van der Waals surface area contributed by atoms with E-state index in [2.05, 4.69) is 50.9 Å². The molecule has 0 saturated carbocycles. The molecule has 3 rings (SSSR count). The smallest absolute Gasteiger partial charge is 0.250 e. The van der Waals surface area contributed by atoms with Crippen molar-refractivity contribution >= 4 is 27.7 Å². The molecule has 0 aliphatic carbocycles. The summed E-state index contributed by atoms with van der Waals surface area (Å²) >= 11 is 3.56. The lowest BCUT2D eigenvalue weighted by Gasteiger charge is -2.33. The molecular weight excluding hydrogens is 354 g/mol. The fourth-order valence-corrected chi connectivity index (χ4v) is 3.33. The van der Waals surface area contributed by atoms with Crippen LogP contribution in [0.25, 0.3) is 0 Å². The van der Waals surface area contributed by atoms with Crippen molar-refractivity contribution < 1.29 is 4.79 Å². The monoisotopic (exact) mass is 373 g/mol. The van der Waals surface area contributed by atoms with Crippen molar-refractivity contribution in [1.82, 2.24) is 4.98 Å². The summed E-state index contributed by atoms with van der Waals surface area (Å²) < 4.78 is 1.16. The molecule has 0 radical (unpaired) electrons. The predicted octanol–water partition coefficient (Wildman–Crippen LogP) is 3.64. The molecule has 0 atom stereocenters. The first kappa shape index (κ1) is 16.0. The van der Waals surface area contributed by atoms with Gasteiger partial charge in [0.05, 0.1) is 5.56 Å². The van der Waals surface area contributed by atoms with Gasteiger partial charge in [0.2, 0.25) is 5.91 Å². The van der Waals surface area contributed by atoms with E-state index in [9.17, 15) is 4.79 Å². The lowest BCUT2D eigenvalue weighted by molar-refractivity contribution is 0.1000. The molecular formula is C18H20BrN3O. The first-order valence-electron chi connectivity index (χ1n) is 7.81. The van der Waals surface area contributed by atoms with Crippen LogP contribution < -0.4 is 10.6 Å². The number of benzene rings is 1. The lowest BCUT2D eigenvalue weighted by Crippen LogP contribution is -2.33. The minimum Gasteiger partial charge on any atom is -0.366 e. The highest BCUT2D eigenvalue weighted by molar-refractivity contribution is 9.10. The largest absolute Gasteiger partial charge is 0.366 e. The number of nitrogens with two attached hydrogens (primary N) is 1. The van der Waals surface area contributed by atoms with Gasteiger partial charge in [0.1, 0.15) is 5.82 Å². The number of amides is 1. The molecule has 2 heterocycles. The van der Waals surface area contributed by atoms with Gasteiger partial charge in [-0.1, -0.05) is 28.1 Å². The summed E-state index contributed by atoms with van der Waals surface area (Å²) in [6.07, 6.45) is 3.78. The van der Waals surface area contributed by atoms with Crippen molar-refractivity contribution in [1.29, 1.82) is 0 Å². The van der Waals surface area contributed by atoms with Crippen molar-refractivity contribution in [2.24, 2.45) is 5.73 Å². The Balaban J connectivity index is 1.65. The zero-order valence-electron chi connectivity index (χ0n) is 13.1. The van der Waals surface area contributed by atoms with Crippen LogP contribution in [0.3, 0.4) is 0 Å². The number of rotatable bonds is 3. The maximum Gasteiger partial charge on any atom is 0.250 e. The Morgan fingerprint density at radius 3 is 2.57 bits per heavy atom. The van der Waals surface area contributed by atoms with Crippen LogP contribution in [0.4, 0.5) is 5.82 Å². The summed E-state index contributed by atoms with van der Waals surface area (Å²) in [4.78, 5) is 17.7. The van der Waals surface area contributed by atoms with Crippen molar-refractivity contribution in [3.63, 3.8) is 0 Å². The van der Waals surface area contributed by atoms with Crippen LogP contribution in [0.5, 0.6) is 0 Å². The SMILES string of the molecule is Cc1cc(C2CCN(c3ccc(C(N)=O)cn3)CC2)ccc1Br. The molecule has 2 N–H and O–H groups in total. The topological polar surface area (TPSA) is 59.2 Å². The number of pyridine rings is 1. The number of nitrogens with zero attached hydrogens (tertiary/aromatic N) is 2. The van der Waals surface area contributed by atoms with Crippen LogP contribution in [-0.2, 0) is 0 Å². The van der Waals surface area contributed by atoms with E-state index in [-0.39, 0.29) is 0 Å². The lowest BCUT2D eigenvalue weighted by atomic mass is 9.89. The molecule has 4 nitrogen and oxygen atoms in total. The Bertz CT molecular complexity index is 707. The number of aromatic nitrogens is 1. The van der Waals surface area contributed by atoms with Gasteiger partial charge in [0.15, 0.2) is 0 Å². The summed E-state index contributed by atoms with van der Waals surface area (Å²) in [6, 6.07) is 10.3. The van der Waals surface area contributed by atoms with Crippen LogP contribution in [0.1, 0.15) is 40.2 Å². The van der Waals surface area contributed by atoms with Crippen LogP contribution >= 0.6 is 15.9 Å². The number of aryl methyl sites for hydroxylation is 1. The van der Waals surface area contributed by atoms with E-state index in [0.717, 1.165) is 36.2 Å². The van der Waals surface area contributed by atoms with E-state index in [1.807, 2.05) is 6.07 Å². The number of piperidine rings is 1. The van der Waals surface area contributed by atoms with Crippen LogP contribution in [0, 0.1) is 6.92 Å². The zero-order chi connectivity index (χ0) is 16.4. The van der Waals surface area contributed by atoms with Crippen LogP contribution in [0.2, 0.25) is 0 Å². The minimum atomic E-state index is -0.437. The third-order valence-electron chi connectivity index (χ3n) is 4.50. The second kappa shape index (κ2) is 6.71. The van der Waals surface area contributed by atoms with E-state index in [4.69, 9.17) is 5.73 Å². The number of hydrogen-bond acceptors (Lipinski definition) is 3. The van der Waals surface area contributed by atoms with E-state index < -0.39 is 5.91 Å². The molecule has 1 aromatic carbocycles. The Morgan fingerprint density at radius 2 is 2.00 bits per heavy atom. The number of anilines is 1. The molecule has 2 aromatic rings. The normalized spacial score (nSPS) is 15.7. The first-order chi connectivity index (χ1) is 11.0. The summed E-state index contributed by atoms with van der Waals surface area (Å²) in [6.45, 7) is 4.08. The Morgan fingerprint density at radius 1 is 1.26 bits per heavy atom. The molecule has 23 heavy (non-hydrogen) atoms. The average molecular weight is 374 g/mol. The van der Waals surface area contributed by atoms with Gasteiger partial charge in [-0.3, -0.25) is 4.79 Å². The van der Waals surface area contributed by atoms with Crippen molar-refractivity contribution in [2.75, 3.05) is 18.0 Å². The highest BCUT2D eigenvalue weighted by Crippen LogP contribution is 2.31. The van der Waals surface area contributed by atoms with Crippen molar-refractivity contribution in [3.8, 4) is 0 Å². The zero-order valence-corrected chi connectivity index (χ0v) is 14.7. The van der Waals surface area contributed by atoms with Gasteiger partial charge in [-0.25, -0.2) is 4.98 Å². The number of carbonyl (C=O) groups excluding carboxylic acids is 1. The van der Waals surface area contributed by atoms with Gasteiger partial charge in [0.25, 0.3) is 0 Å². The van der Waals surface area contributed by atoms with Crippen LogP contribution in [0.15, 0.2) is 41.0 Å². The quantitative estimate of drug-likeness (QED) is 0.893. The van der Waals surface area contributed by atoms with Gasteiger partial charge in [-0.05, 0) is 55.0 Å². The standard InChI is InChI=1S/C18H20BrN3O/c1-12-10-14(2-4-16(12)19)13-6-8-22(9-7-13)17-5-3-15(11-21-17)18(20)23/h2-5,10-11,13H,6-9H2,1H3,(H2,20,23). The van der Waals surface area contributed by atoms with E-state index in [1.165, 1.54) is 11.1 Å². The number of halogens is 1. The van der Waals surface area contributed by atoms with Crippen molar-refractivity contribution in [2.45, 2.75) is 25.7 Å². The van der Waals surface area contributed by atoms with Gasteiger partial charge in [-0.2, -0.15) is 0 Å². The Hall–Kier alpha value is -1.88. The molecule has 1 amide bonds. The number of primary amides is 1. The van der Waals surface area contributed by atoms with E-state index in [0.29, 0.717) is 11.5 Å². The highest BCUT2D eigenvalue weighted by Gasteiger charge is 2.21. The fraction of sp³-hybridized carbons (Fsp3) is 0.333. The molecule has 1 saturated heterocycles. The molecule has 120 valence electrons. The minimum absolute atomic E-state index is 0.437. The fourth-order valence-electron chi connectivity index (χ4n) is 3.08. The molecule has 1 aliphatic rings. The predicted molar refractivity (Wildman–Crippen MR) is 95.8 cm³/mol. The van der Waals surface area contributed by atoms with Gasteiger partial charge in [-0.15, -0.1) is 0 Å². The Labute approximate surface area is 144 Å². The van der Waals surface area contributed by atoms with Gasteiger partial charge < -0.3 is 10.6 Å². The molecule has 5 heteroatoms. The highest BCUT2D eigenvalue weighted by atomic mass is 79.9. The molecule has 0 unspecified atom stereocenters. The Kier molecular flexibility index (Phi) is 4.66. The van der Waals surface area contributed by atoms with E-state index in [1.54, 1.807) is 12.3 Å². The summed E-state index contributed by atoms with van der Waals surface area (Å²) in [5.41, 5.74) is 8.41. The molecule has 0 bridgehead atoms. The summed E-state index contributed by atoms with van der Waals surface area (Å²) in [7, 11) is 0. The molecule has 1 aromatic heterocycles. The van der Waals surface area contributed by atoms with Crippen molar-refractivity contribution in [3.05, 3.63) is 57.7 Å².